The molecule has 3 rings (SSSR count). The minimum absolute atomic E-state index is 0.510. The topological polar surface area (TPSA) is 4.93 Å². The highest BCUT2D eigenvalue weighted by atomic mass is 19.4. The summed E-state index contributed by atoms with van der Waals surface area (Å²) in [7, 11) is 0. The normalized spacial score (nSPS) is 11.9. The zero-order valence-electron chi connectivity index (χ0n) is 9.85. The zero-order valence-corrected chi connectivity index (χ0v) is 9.85. The fourth-order valence-electron chi connectivity index (χ4n) is 2.22. The van der Waals surface area contributed by atoms with E-state index < -0.39 is 11.9 Å². The van der Waals surface area contributed by atoms with Crippen molar-refractivity contribution in [2.75, 3.05) is 0 Å². The second-order valence-electron chi connectivity index (χ2n) is 4.26. The lowest BCUT2D eigenvalue weighted by Crippen LogP contribution is -2.11. The fraction of sp³-hybridized carbons (Fsp3) is 0.0667. The van der Waals surface area contributed by atoms with Gasteiger partial charge in [-0.2, -0.15) is 13.2 Å². The molecule has 0 saturated carbocycles. The Morgan fingerprint density at radius 1 is 0.789 bits per heavy atom. The molecule has 0 fully saturated rings. The Hall–Kier alpha value is -2.23. The van der Waals surface area contributed by atoms with Gasteiger partial charge in [-0.15, -0.1) is 0 Å². The van der Waals surface area contributed by atoms with Gasteiger partial charge in [-0.25, -0.2) is 0 Å². The molecule has 0 radical (unpaired) electrons. The van der Waals surface area contributed by atoms with E-state index in [4.69, 9.17) is 0 Å². The quantitative estimate of drug-likeness (QED) is 0.601. The summed E-state index contributed by atoms with van der Waals surface area (Å²) in [6, 6.07) is 16.6. The number of rotatable bonds is 1. The molecule has 0 bridgehead atoms. The number of nitrogens with zero attached hydrogens (tertiary/aromatic N) is 1. The molecule has 3 aromatic rings. The van der Waals surface area contributed by atoms with Gasteiger partial charge in [0.2, 0.25) is 0 Å². The van der Waals surface area contributed by atoms with Crippen molar-refractivity contribution in [3.8, 4) is 5.69 Å². The first kappa shape index (κ1) is 11.8. The average Bonchev–Trinajstić information content (AvgIpc) is 2.79. The van der Waals surface area contributed by atoms with E-state index >= 15 is 0 Å². The van der Waals surface area contributed by atoms with Crippen molar-refractivity contribution < 1.29 is 13.2 Å². The lowest BCUT2D eigenvalue weighted by atomic mass is 10.2. The molecule has 0 aliphatic rings. The number of hydrogen-bond acceptors (Lipinski definition) is 0. The predicted octanol–water partition coefficient (Wildman–Crippen LogP) is 4.65. The minimum Gasteiger partial charge on any atom is -0.305 e. The maximum Gasteiger partial charge on any atom is 0.431 e. The molecule has 0 unspecified atom stereocenters. The monoisotopic (exact) mass is 261 g/mol. The molecule has 1 nitrogen and oxygen atoms in total. The van der Waals surface area contributed by atoms with Crippen LogP contribution >= 0.6 is 0 Å². The number of fused-ring (bicyclic) bond motifs is 1. The lowest BCUT2D eigenvalue weighted by molar-refractivity contribution is -0.142. The first-order valence-electron chi connectivity index (χ1n) is 5.80. The summed E-state index contributed by atoms with van der Waals surface area (Å²) in [6.45, 7) is 0. The Morgan fingerprint density at radius 3 is 2.11 bits per heavy atom. The van der Waals surface area contributed by atoms with E-state index in [0.717, 1.165) is 0 Å². The summed E-state index contributed by atoms with van der Waals surface area (Å²) < 4.78 is 40.7. The van der Waals surface area contributed by atoms with Crippen LogP contribution in [0.1, 0.15) is 5.69 Å². The van der Waals surface area contributed by atoms with Crippen LogP contribution in [-0.2, 0) is 6.18 Å². The third kappa shape index (κ3) is 1.99. The van der Waals surface area contributed by atoms with E-state index in [1.807, 2.05) is 0 Å². The summed E-state index contributed by atoms with van der Waals surface area (Å²) in [5.41, 5.74) is 0.414. The SMILES string of the molecule is FC(F)(F)c1cc2ccccc2n1-c1ccccc1. The van der Waals surface area contributed by atoms with Crippen LogP contribution in [0.4, 0.5) is 13.2 Å². The van der Waals surface area contributed by atoms with Crippen molar-refractivity contribution in [3.63, 3.8) is 0 Å². The second kappa shape index (κ2) is 4.16. The minimum atomic E-state index is -4.38. The van der Waals surface area contributed by atoms with Crippen molar-refractivity contribution in [1.29, 1.82) is 0 Å². The van der Waals surface area contributed by atoms with Crippen LogP contribution in [0, 0.1) is 0 Å². The Morgan fingerprint density at radius 2 is 1.42 bits per heavy atom. The lowest BCUT2D eigenvalue weighted by Gasteiger charge is -2.13. The maximum atomic E-state index is 13.2. The molecule has 1 aromatic heterocycles. The summed E-state index contributed by atoms with van der Waals surface area (Å²) in [5.74, 6) is 0. The highest BCUT2D eigenvalue weighted by Gasteiger charge is 2.35. The Bertz CT molecular complexity index is 711. The fourth-order valence-corrected chi connectivity index (χ4v) is 2.22. The van der Waals surface area contributed by atoms with E-state index in [-0.39, 0.29) is 0 Å². The molecular weight excluding hydrogens is 251 g/mol. The van der Waals surface area contributed by atoms with Gasteiger partial charge in [0.1, 0.15) is 5.69 Å². The van der Waals surface area contributed by atoms with E-state index in [2.05, 4.69) is 0 Å². The summed E-state index contributed by atoms with van der Waals surface area (Å²) in [5, 5.41) is 0.582. The first-order valence-corrected chi connectivity index (χ1v) is 5.80. The molecule has 0 aliphatic heterocycles. The highest BCUT2D eigenvalue weighted by Crippen LogP contribution is 2.35. The molecule has 0 atom stereocenters. The molecule has 2 aromatic carbocycles. The zero-order chi connectivity index (χ0) is 13.5. The van der Waals surface area contributed by atoms with Gasteiger partial charge in [-0.05, 0) is 24.3 Å². The molecule has 4 heteroatoms. The number of para-hydroxylation sites is 2. The average molecular weight is 261 g/mol. The van der Waals surface area contributed by atoms with Crippen molar-refractivity contribution >= 4 is 10.9 Å². The smallest absolute Gasteiger partial charge is 0.305 e. The number of hydrogen-bond donors (Lipinski definition) is 0. The van der Waals surface area contributed by atoms with Gasteiger partial charge < -0.3 is 4.57 Å². The molecule has 96 valence electrons. The Labute approximate surface area is 107 Å². The maximum absolute atomic E-state index is 13.2. The largest absolute Gasteiger partial charge is 0.431 e. The third-order valence-electron chi connectivity index (χ3n) is 3.02. The first-order chi connectivity index (χ1) is 9.07. The molecule has 0 N–H and O–H groups in total. The molecule has 0 amide bonds. The van der Waals surface area contributed by atoms with Gasteiger partial charge in [0, 0.05) is 11.1 Å². The molecule has 0 saturated heterocycles. The van der Waals surface area contributed by atoms with E-state index in [1.165, 1.54) is 10.6 Å². The van der Waals surface area contributed by atoms with E-state index in [9.17, 15) is 13.2 Å². The van der Waals surface area contributed by atoms with Crippen LogP contribution in [0.5, 0.6) is 0 Å². The van der Waals surface area contributed by atoms with Gasteiger partial charge >= 0.3 is 6.18 Å². The molecular formula is C15H10F3N. The number of aromatic nitrogens is 1. The van der Waals surface area contributed by atoms with Gasteiger partial charge in [0.15, 0.2) is 0 Å². The number of halogens is 3. The van der Waals surface area contributed by atoms with Gasteiger partial charge in [-0.3, -0.25) is 0 Å². The van der Waals surface area contributed by atoms with Gasteiger partial charge in [0.25, 0.3) is 0 Å². The summed E-state index contributed by atoms with van der Waals surface area (Å²) in [6.07, 6.45) is -4.38. The van der Waals surface area contributed by atoms with Crippen LogP contribution in [0.15, 0.2) is 60.7 Å². The van der Waals surface area contributed by atoms with Crippen LogP contribution in [-0.4, -0.2) is 4.57 Å². The Balaban J connectivity index is 2.38. The highest BCUT2D eigenvalue weighted by molar-refractivity contribution is 5.83. The standard InChI is InChI=1S/C15H10F3N/c16-15(17,18)14-10-11-6-4-5-9-13(11)19(14)12-7-2-1-3-8-12/h1-10H. The molecule has 19 heavy (non-hydrogen) atoms. The van der Waals surface area contributed by atoms with Crippen molar-refractivity contribution in [3.05, 3.63) is 66.4 Å². The number of benzene rings is 2. The van der Waals surface area contributed by atoms with Crippen LogP contribution in [0.25, 0.3) is 16.6 Å². The Kier molecular flexibility index (Phi) is 2.59. The predicted molar refractivity (Wildman–Crippen MR) is 68.3 cm³/mol. The van der Waals surface area contributed by atoms with Crippen molar-refractivity contribution in [1.82, 2.24) is 4.57 Å². The van der Waals surface area contributed by atoms with Gasteiger partial charge in [0.05, 0.1) is 5.52 Å². The molecule has 1 heterocycles. The van der Waals surface area contributed by atoms with Crippen molar-refractivity contribution in [2.24, 2.45) is 0 Å². The summed E-state index contributed by atoms with van der Waals surface area (Å²) >= 11 is 0. The van der Waals surface area contributed by atoms with E-state index in [1.54, 1.807) is 54.6 Å². The van der Waals surface area contributed by atoms with Crippen LogP contribution in [0.2, 0.25) is 0 Å². The van der Waals surface area contributed by atoms with Gasteiger partial charge in [-0.1, -0.05) is 36.4 Å². The summed E-state index contributed by atoms with van der Waals surface area (Å²) in [4.78, 5) is 0. The molecule has 0 spiro atoms. The van der Waals surface area contributed by atoms with Crippen LogP contribution < -0.4 is 0 Å². The van der Waals surface area contributed by atoms with E-state index in [0.29, 0.717) is 16.6 Å². The second-order valence-corrected chi connectivity index (χ2v) is 4.26. The molecule has 0 aliphatic carbocycles. The van der Waals surface area contributed by atoms with Crippen molar-refractivity contribution in [2.45, 2.75) is 6.18 Å². The number of alkyl halides is 3. The van der Waals surface area contributed by atoms with Crippen LogP contribution in [0.3, 0.4) is 0 Å². The third-order valence-corrected chi connectivity index (χ3v) is 3.02.